The minimum absolute atomic E-state index is 0.0799. The highest BCUT2D eigenvalue weighted by Crippen LogP contribution is 2.38. The van der Waals surface area contributed by atoms with Crippen LogP contribution in [0, 0.1) is 0 Å². The minimum Gasteiger partial charge on any atom is -0.494 e. The molecule has 2 aromatic rings. The first-order valence-electron chi connectivity index (χ1n) is 10.5. The summed E-state index contributed by atoms with van der Waals surface area (Å²) in [5.41, 5.74) is 2.27. The number of ketones is 1. The molecule has 4 rings (SSSR count). The lowest BCUT2D eigenvalue weighted by atomic mass is 9.95. The Hall–Kier alpha value is -4.14. The van der Waals surface area contributed by atoms with Crippen molar-refractivity contribution in [1.29, 1.82) is 0 Å². The standard InChI is InChI=1S/C24H23N3O6/c1-3-32-19-7-5-4-6-17(19)22-21-18(13-33-23(21)30)27(24(31)26-22)12-20(29)25-16-10-8-15(9-11-16)14(2)28/h4-11,22H,3,12-13H2,1-2H3,(H,25,29)(H,26,31). The number of nitrogens with one attached hydrogen (secondary N) is 2. The molecule has 3 amide bonds. The van der Waals surface area contributed by atoms with Crippen LogP contribution in [0.5, 0.6) is 5.75 Å². The number of carbonyl (C=O) groups is 4. The molecule has 0 saturated heterocycles. The van der Waals surface area contributed by atoms with Crippen LogP contribution in [-0.2, 0) is 14.3 Å². The molecule has 2 N–H and O–H groups in total. The normalized spacial score (nSPS) is 17.3. The average Bonchev–Trinajstić information content (AvgIpc) is 3.18. The molecular weight excluding hydrogens is 426 g/mol. The van der Waals surface area contributed by atoms with Crippen molar-refractivity contribution in [2.75, 3.05) is 25.1 Å². The van der Waals surface area contributed by atoms with E-state index in [1.165, 1.54) is 11.8 Å². The van der Waals surface area contributed by atoms with E-state index in [1.54, 1.807) is 48.5 Å². The lowest BCUT2D eigenvalue weighted by Crippen LogP contribution is -2.49. The Morgan fingerprint density at radius 3 is 2.58 bits per heavy atom. The zero-order valence-electron chi connectivity index (χ0n) is 18.2. The quantitative estimate of drug-likeness (QED) is 0.496. The molecule has 2 aromatic carbocycles. The van der Waals surface area contributed by atoms with Gasteiger partial charge in [-0.05, 0) is 44.2 Å². The summed E-state index contributed by atoms with van der Waals surface area (Å²) in [4.78, 5) is 50.8. The van der Waals surface area contributed by atoms with Crippen molar-refractivity contribution < 1.29 is 28.7 Å². The number of carbonyl (C=O) groups excluding carboxylic acids is 4. The molecule has 9 nitrogen and oxygen atoms in total. The molecule has 0 spiro atoms. The highest BCUT2D eigenvalue weighted by molar-refractivity contribution is 6.00. The fourth-order valence-corrected chi connectivity index (χ4v) is 3.85. The summed E-state index contributed by atoms with van der Waals surface area (Å²) in [6.45, 7) is 3.32. The van der Waals surface area contributed by atoms with Crippen LogP contribution in [0.4, 0.5) is 10.5 Å². The molecule has 0 aromatic heterocycles. The van der Waals surface area contributed by atoms with E-state index >= 15 is 0 Å². The summed E-state index contributed by atoms with van der Waals surface area (Å²) in [5, 5.41) is 5.50. The van der Waals surface area contributed by atoms with E-state index < -0.39 is 23.9 Å². The van der Waals surface area contributed by atoms with Crippen LogP contribution in [0.1, 0.15) is 35.8 Å². The first-order valence-corrected chi connectivity index (χ1v) is 10.5. The van der Waals surface area contributed by atoms with Crippen LogP contribution in [-0.4, -0.2) is 48.3 Å². The van der Waals surface area contributed by atoms with Crippen LogP contribution in [0.3, 0.4) is 0 Å². The van der Waals surface area contributed by atoms with Crippen molar-refractivity contribution in [2.24, 2.45) is 0 Å². The number of Topliss-reactive ketones (excluding diaryl/α,β-unsaturated/α-hetero) is 1. The number of cyclic esters (lactones) is 1. The molecule has 0 bridgehead atoms. The van der Waals surface area contributed by atoms with Crippen molar-refractivity contribution in [3.63, 3.8) is 0 Å². The Kier molecular flexibility index (Phi) is 6.12. The number of hydrogen-bond acceptors (Lipinski definition) is 6. The molecule has 1 unspecified atom stereocenters. The lowest BCUT2D eigenvalue weighted by molar-refractivity contribution is -0.136. The number of nitrogens with zero attached hydrogens (tertiary/aromatic N) is 1. The van der Waals surface area contributed by atoms with Crippen molar-refractivity contribution in [3.05, 3.63) is 70.9 Å². The highest BCUT2D eigenvalue weighted by Gasteiger charge is 2.43. The highest BCUT2D eigenvalue weighted by atomic mass is 16.5. The van der Waals surface area contributed by atoms with Crippen molar-refractivity contribution in [1.82, 2.24) is 10.2 Å². The average molecular weight is 449 g/mol. The van der Waals surface area contributed by atoms with Crippen LogP contribution >= 0.6 is 0 Å². The molecule has 0 aliphatic carbocycles. The maximum absolute atomic E-state index is 13.0. The predicted octanol–water partition coefficient (Wildman–Crippen LogP) is 2.80. The summed E-state index contributed by atoms with van der Waals surface area (Å²) in [6.07, 6.45) is 0. The molecule has 0 saturated carbocycles. The van der Waals surface area contributed by atoms with E-state index in [-0.39, 0.29) is 24.5 Å². The molecule has 1 atom stereocenters. The Bertz CT molecular complexity index is 1160. The molecule has 33 heavy (non-hydrogen) atoms. The first-order chi connectivity index (χ1) is 15.9. The molecule has 2 heterocycles. The summed E-state index contributed by atoms with van der Waals surface area (Å²) in [6, 6.07) is 12.3. The maximum Gasteiger partial charge on any atom is 0.338 e. The molecule has 9 heteroatoms. The van der Waals surface area contributed by atoms with Gasteiger partial charge < -0.3 is 20.1 Å². The van der Waals surface area contributed by atoms with Gasteiger partial charge in [0.05, 0.1) is 23.9 Å². The topological polar surface area (TPSA) is 114 Å². The number of rotatable bonds is 7. The van der Waals surface area contributed by atoms with E-state index in [1.807, 2.05) is 6.92 Å². The predicted molar refractivity (Wildman–Crippen MR) is 119 cm³/mol. The number of ether oxygens (including phenoxy) is 2. The van der Waals surface area contributed by atoms with Crippen molar-refractivity contribution in [3.8, 4) is 5.75 Å². The van der Waals surface area contributed by atoms with E-state index in [2.05, 4.69) is 10.6 Å². The molecule has 2 aliphatic rings. The summed E-state index contributed by atoms with van der Waals surface area (Å²) >= 11 is 0. The number of urea groups is 1. The van der Waals surface area contributed by atoms with Gasteiger partial charge in [-0.1, -0.05) is 18.2 Å². The van der Waals surface area contributed by atoms with Crippen LogP contribution in [0.25, 0.3) is 0 Å². The second-order valence-corrected chi connectivity index (χ2v) is 7.56. The first kappa shape index (κ1) is 22.1. The molecule has 0 radical (unpaired) electrons. The Balaban J connectivity index is 1.57. The second kappa shape index (κ2) is 9.15. The zero-order chi connectivity index (χ0) is 23.5. The Morgan fingerprint density at radius 2 is 1.88 bits per heavy atom. The van der Waals surface area contributed by atoms with Crippen LogP contribution < -0.4 is 15.4 Å². The summed E-state index contributed by atoms with van der Waals surface area (Å²) < 4.78 is 10.9. The zero-order valence-corrected chi connectivity index (χ0v) is 18.2. The van der Waals surface area contributed by atoms with Gasteiger partial charge in [-0.25, -0.2) is 9.59 Å². The largest absolute Gasteiger partial charge is 0.494 e. The number of esters is 1. The molecule has 0 fully saturated rings. The molecule has 170 valence electrons. The minimum atomic E-state index is -0.747. The van der Waals surface area contributed by atoms with Gasteiger partial charge in [0.25, 0.3) is 0 Å². The fraction of sp³-hybridized carbons (Fsp3) is 0.250. The molecular formula is C24H23N3O6. The smallest absolute Gasteiger partial charge is 0.338 e. The third kappa shape index (κ3) is 4.43. The Morgan fingerprint density at radius 1 is 1.15 bits per heavy atom. The van der Waals surface area contributed by atoms with Gasteiger partial charge in [-0.15, -0.1) is 0 Å². The summed E-state index contributed by atoms with van der Waals surface area (Å²) in [7, 11) is 0. The monoisotopic (exact) mass is 449 g/mol. The van der Waals surface area contributed by atoms with Crippen LogP contribution in [0.15, 0.2) is 59.8 Å². The van der Waals surface area contributed by atoms with E-state index in [0.29, 0.717) is 34.9 Å². The van der Waals surface area contributed by atoms with Gasteiger partial charge in [0, 0.05) is 16.8 Å². The van der Waals surface area contributed by atoms with Gasteiger partial charge in [0.1, 0.15) is 18.9 Å². The number of para-hydroxylation sites is 1. The van der Waals surface area contributed by atoms with E-state index in [4.69, 9.17) is 9.47 Å². The van der Waals surface area contributed by atoms with Gasteiger partial charge >= 0.3 is 12.0 Å². The van der Waals surface area contributed by atoms with Crippen molar-refractivity contribution in [2.45, 2.75) is 19.9 Å². The number of hydrogen-bond donors (Lipinski definition) is 2. The lowest BCUT2D eigenvalue weighted by Gasteiger charge is -2.33. The van der Waals surface area contributed by atoms with E-state index in [0.717, 1.165) is 0 Å². The van der Waals surface area contributed by atoms with Gasteiger partial charge in [-0.2, -0.15) is 0 Å². The number of anilines is 1. The third-order valence-corrected chi connectivity index (χ3v) is 5.41. The second-order valence-electron chi connectivity index (χ2n) is 7.56. The third-order valence-electron chi connectivity index (χ3n) is 5.41. The van der Waals surface area contributed by atoms with Gasteiger partial charge in [-0.3, -0.25) is 14.5 Å². The van der Waals surface area contributed by atoms with Gasteiger partial charge in [0.15, 0.2) is 5.78 Å². The van der Waals surface area contributed by atoms with Crippen molar-refractivity contribution >= 4 is 29.4 Å². The SMILES string of the molecule is CCOc1ccccc1C1NC(=O)N(CC(=O)Nc2ccc(C(C)=O)cc2)C2=C1C(=O)OC2. The summed E-state index contributed by atoms with van der Waals surface area (Å²) in [5.74, 6) is -0.535. The number of benzene rings is 2. The Labute approximate surface area is 190 Å². The fourth-order valence-electron chi connectivity index (χ4n) is 3.85. The molecule has 2 aliphatic heterocycles. The number of amides is 3. The van der Waals surface area contributed by atoms with Gasteiger partial charge in [0.2, 0.25) is 5.91 Å². The van der Waals surface area contributed by atoms with Crippen LogP contribution in [0.2, 0.25) is 0 Å². The van der Waals surface area contributed by atoms with E-state index in [9.17, 15) is 19.2 Å². The maximum atomic E-state index is 13.0.